The Bertz CT molecular complexity index is 2240. The number of halogens is 12. The van der Waals surface area contributed by atoms with Crippen LogP contribution in [0.1, 0.15) is 65.1 Å². The fourth-order valence-corrected chi connectivity index (χ4v) is 7.74. The Labute approximate surface area is 557 Å². The van der Waals surface area contributed by atoms with Crippen LogP contribution in [0.2, 0.25) is 60.3 Å². The minimum Gasteiger partial charge on any atom is -0.478 e. The summed E-state index contributed by atoms with van der Waals surface area (Å²) in [5.41, 5.74) is 0.116. The van der Waals surface area contributed by atoms with Crippen molar-refractivity contribution in [3.8, 4) is 0 Å². The van der Waals surface area contributed by atoms with Crippen molar-refractivity contribution >= 4 is 163 Å². The Kier molecular flexibility index (Phi) is 63.5. The maximum Gasteiger partial charge on any atom is 0.338 e. The summed E-state index contributed by atoms with van der Waals surface area (Å²) in [7, 11) is 0. The van der Waals surface area contributed by atoms with E-state index in [9.17, 15) is 19.2 Å². The Morgan fingerprint density at radius 1 is 0.263 bits per heavy atom. The Hall–Kier alpha value is -1.07. The molecule has 34 heteroatoms. The predicted molar refractivity (Wildman–Crippen MR) is 290 cm³/mol. The molecule has 6 aromatic carbocycles. The number of rotatable bonds is 6. The normalized spacial score (nSPS) is 8.66. The summed E-state index contributed by atoms with van der Waals surface area (Å²) in [6.07, 6.45) is -3.23. The maximum atomic E-state index is 10.5. The van der Waals surface area contributed by atoms with Crippen molar-refractivity contribution in [1.82, 2.24) is 0 Å². The summed E-state index contributed by atoms with van der Waals surface area (Å²) in [4.78, 5) is 41.9. The van der Waals surface area contributed by atoms with Crippen LogP contribution >= 0.6 is 139 Å². The number of benzene rings is 6. The number of aliphatic hydroxyl groups is 4. The van der Waals surface area contributed by atoms with Gasteiger partial charge in [-0.25, -0.2) is 19.2 Å². The fourth-order valence-electron chi connectivity index (χ4n) is 4.32. The minimum absolute atomic E-state index is 0. The quantitative estimate of drug-likeness (QED) is 0.0733. The zero-order valence-electron chi connectivity index (χ0n) is 37.4. The van der Waals surface area contributed by atoms with Gasteiger partial charge in [0.25, 0.3) is 0 Å². The van der Waals surface area contributed by atoms with Gasteiger partial charge >= 0.3 is 23.9 Å². The molecule has 76 heavy (non-hydrogen) atoms. The van der Waals surface area contributed by atoms with Crippen molar-refractivity contribution in [2.24, 2.45) is 0 Å². The van der Waals surface area contributed by atoms with Gasteiger partial charge in [-0.1, -0.05) is 176 Å². The average molecular weight is 1580 g/mol. The van der Waals surface area contributed by atoms with Crippen LogP contribution in [0.25, 0.3) is 0 Å². The Balaban J connectivity index is -0.0000000838. The van der Waals surface area contributed by atoms with Crippen LogP contribution < -0.4 is 0 Å². The zero-order valence-corrected chi connectivity index (χ0v) is 53.9. The molecule has 0 aromatic heterocycles. The molecular formula is C42H44Cl12O20Pr2. The van der Waals surface area contributed by atoms with Gasteiger partial charge in [0.2, 0.25) is 0 Å². The first-order chi connectivity index (χ1) is 30.8. The van der Waals surface area contributed by atoms with Gasteiger partial charge in [-0.2, -0.15) is 0 Å². The van der Waals surface area contributed by atoms with Crippen LogP contribution in [0, 0.1) is 82.6 Å². The molecule has 0 spiro atoms. The third-order valence-electron chi connectivity index (χ3n) is 7.22. The second-order valence-corrected chi connectivity index (χ2v) is 16.5. The van der Waals surface area contributed by atoms with E-state index < -0.39 is 36.5 Å². The number of aromatic carboxylic acids is 4. The molecule has 20 nitrogen and oxygen atoms in total. The summed E-state index contributed by atoms with van der Waals surface area (Å²) < 4.78 is 0. The molecule has 0 amide bonds. The van der Waals surface area contributed by atoms with Gasteiger partial charge in [-0.05, 0) is 72.8 Å². The molecule has 0 unspecified atom stereocenters. The molecule has 24 N–H and O–H groups in total. The van der Waals surface area contributed by atoms with Crippen LogP contribution in [-0.4, -0.2) is 109 Å². The van der Waals surface area contributed by atoms with E-state index >= 15 is 0 Å². The number of hydrogen-bond donors (Lipinski definition) is 8. The molecule has 0 heterocycles. The summed E-state index contributed by atoms with van der Waals surface area (Å²) in [5, 5.41) is 71.7. The van der Waals surface area contributed by atoms with E-state index in [1.165, 1.54) is 48.5 Å². The molecule has 0 aliphatic heterocycles. The smallest absolute Gasteiger partial charge is 0.338 e. The topological polar surface area (TPSA) is 482 Å². The summed E-state index contributed by atoms with van der Waals surface area (Å²) >= 11 is 67.0. The van der Waals surface area contributed by atoms with E-state index in [1.54, 1.807) is 60.7 Å². The number of carboxylic acid groups (broad SMARTS) is 4. The minimum atomic E-state index is -1.61. The first-order valence-electron chi connectivity index (χ1n) is 17.1. The molecule has 0 saturated heterocycles. The number of aliphatic hydroxyl groups excluding tert-OH is 2. The molecule has 6 aromatic rings. The molecule has 0 aliphatic carbocycles. The van der Waals surface area contributed by atoms with Crippen LogP contribution in [-0.2, 0) is 0 Å². The van der Waals surface area contributed by atoms with Crippen molar-refractivity contribution in [1.29, 1.82) is 0 Å². The van der Waals surface area contributed by atoms with E-state index in [0.29, 0.717) is 0 Å². The fraction of sp³-hybridized carbons (Fsp3) is 0.0476. The number of carboxylic acids is 4. The molecule has 2 radical (unpaired) electrons. The molecule has 0 aliphatic rings. The van der Waals surface area contributed by atoms with E-state index in [0.717, 1.165) is 0 Å². The van der Waals surface area contributed by atoms with Crippen molar-refractivity contribution in [2.75, 3.05) is 0 Å². The number of hydrogen-bond acceptors (Lipinski definition) is 8. The third-order valence-corrected chi connectivity index (χ3v) is 11.1. The maximum absolute atomic E-state index is 10.5. The summed E-state index contributed by atoms with van der Waals surface area (Å²) in [6.45, 7) is 0. The van der Waals surface area contributed by atoms with Gasteiger partial charge in [0.15, 0.2) is 12.6 Å². The molecule has 0 fully saturated rings. The second kappa shape index (κ2) is 49.7. The Morgan fingerprint density at radius 2 is 0.368 bits per heavy atom. The van der Waals surface area contributed by atoms with Gasteiger partial charge in [-0.3, -0.25) is 0 Å². The average Bonchev–Trinajstić information content (AvgIpc) is 3.18. The standard InChI is InChI=1S/2C7H6Cl2O2.4C7H4Cl2O2.8H2O.2Pr/c6*8-4-2-1-3-5(9)6(4)7(10)11;;;;;;;;;;/h2*1-3,7,10-11H;4*1-3H,(H,10,11);8*1H2;;. The predicted octanol–water partition coefficient (Wildman–Crippen LogP) is 8.12. The van der Waals surface area contributed by atoms with Gasteiger partial charge in [-0.15, -0.1) is 0 Å². The SMILES string of the molecule is O.O.O.O.O.O.O.O.O=C(O)c1c(Cl)cccc1Cl.O=C(O)c1c(Cl)cccc1Cl.O=C(O)c1c(Cl)cccc1Cl.O=C(O)c1c(Cl)cccc1Cl.OC(O)c1c(Cl)cccc1Cl.OC(O)c1c(Cl)cccc1Cl.[Pr].[Pr]. The van der Waals surface area contributed by atoms with Crippen LogP contribution in [0.4, 0.5) is 0 Å². The molecular weight excluding hydrogens is 1530 g/mol. The Morgan fingerprint density at radius 3 is 0.434 bits per heavy atom. The molecule has 0 atom stereocenters. The van der Waals surface area contributed by atoms with Crippen LogP contribution in [0.3, 0.4) is 0 Å². The zero-order chi connectivity index (χ0) is 50.6. The van der Waals surface area contributed by atoms with Crippen molar-refractivity contribution in [3.63, 3.8) is 0 Å². The van der Waals surface area contributed by atoms with Gasteiger partial charge in [0.05, 0.1) is 82.5 Å². The van der Waals surface area contributed by atoms with Gasteiger partial charge < -0.3 is 84.7 Å². The summed E-state index contributed by atoms with van der Waals surface area (Å²) in [6, 6.07) is 27.7. The first kappa shape index (κ1) is 97.1. The first-order valence-corrected chi connectivity index (χ1v) is 21.6. The summed E-state index contributed by atoms with van der Waals surface area (Å²) in [5.74, 6) is -4.44. The van der Waals surface area contributed by atoms with Crippen molar-refractivity contribution < 1.29 is 186 Å². The molecule has 6 rings (SSSR count). The van der Waals surface area contributed by atoms with Gasteiger partial charge in [0, 0.05) is 93.7 Å². The van der Waals surface area contributed by atoms with E-state index in [1.807, 2.05) is 0 Å². The largest absolute Gasteiger partial charge is 0.478 e. The van der Waals surface area contributed by atoms with E-state index in [4.69, 9.17) is 180 Å². The van der Waals surface area contributed by atoms with Gasteiger partial charge in [0.1, 0.15) is 0 Å². The molecule has 422 valence electrons. The van der Waals surface area contributed by atoms with Crippen molar-refractivity contribution in [3.05, 3.63) is 203 Å². The molecule has 0 saturated carbocycles. The van der Waals surface area contributed by atoms with E-state index in [-0.39, 0.29) is 220 Å². The second-order valence-electron chi connectivity index (χ2n) is 11.6. The van der Waals surface area contributed by atoms with Crippen LogP contribution in [0.15, 0.2) is 109 Å². The third kappa shape index (κ3) is 33.0. The molecule has 0 bridgehead atoms. The van der Waals surface area contributed by atoms with Crippen LogP contribution in [0.5, 0.6) is 0 Å². The van der Waals surface area contributed by atoms with Crippen molar-refractivity contribution in [2.45, 2.75) is 12.6 Å². The van der Waals surface area contributed by atoms with E-state index in [2.05, 4.69) is 0 Å². The monoisotopic (exact) mass is 1570 g/mol. The number of carbonyl (C=O) groups is 4.